The molecule has 1 aromatic heterocycles. The van der Waals surface area contributed by atoms with Gasteiger partial charge in [0.05, 0.1) is 11.7 Å². The van der Waals surface area contributed by atoms with Crippen LogP contribution in [0.15, 0.2) is 6.20 Å². The summed E-state index contributed by atoms with van der Waals surface area (Å²) >= 11 is 0. The smallest absolute Gasteiger partial charge is 0.0965 e. The molecule has 0 fully saturated rings. The molecule has 1 aromatic rings. The van der Waals surface area contributed by atoms with Crippen molar-refractivity contribution in [2.75, 3.05) is 6.61 Å². The average Bonchev–Trinajstić information content (AvgIpc) is 2.71. The molecule has 0 aromatic carbocycles. The minimum atomic E-state index is 0.0348. The molecule has 5 nitrogen and oxygen atoms in total. The van der Waals surface area contributed by atoms with Gasteiger partial charge in [0.25, 0.3) is 0 Å². The summed E-state index contributed by atoms with van der Waals surface area (Å²) in [6, 6.07) is 0.0348. The fourth-order valence-corrected chi connectivity index (χ4v) is 1.08. The van der Waals surface area contributed by atoms with E-state index in [9.17, 15) is 0 Å². The number of aliphatic hydroxyl groups is 1. The molecule has 82 valence electrons. The first kappa shape index (κ1) is 11.7. The first-order chi connectivity index (χ1) is 7.26. The maximum atomic E-state index is 8.65. The summed E-state index contributed by atoms with van der Waals surface area (Å²) in [7, 11) is 0. The summed E-state index contributed by atoms with van der Waals surface area (Å²) in [4.78, 5) is 0. The van der Waals surface area contributed by atoms with Gasteiger partial charge in [-0.15, -0.1) is 11.5 Å². The summed E-state index contributed by atoms with van der Waals surface area (Å²) in [6.45, 7) is 3.39. The Morgan fingerprint density at radius 2 is 2.53 bits per heavy atom. The highest BCUT2D eigenvalue weighted by molar-refractivity contribution is 4.99. The third kappa shape index (κ3) is 4.11. The van der Waals surface area contributed by atoms with Gasteiger partial charge >= 0.3 is 0 Å². The van der Waals surface area contributed by atoms with Gasteiger partial charge in [-0.25, -0.2) is 0 Å². The molecule has 0 amide bonds. The molecule has 1 unspecified atom stereocenters. The molecule has 2 N–H and O–H groups in total. The third-order valence-electron chi connectivity index (χ3n) is 1.97. The van der Waals surface area contributed by atoms with Gasteiger partial charge in [0.15, 0.2) is 0 Å². The number of aromatic nitrogens is 3. The molecule has 15 heavy (non-hydrogen) atoms. The van der Waals surface area contributed by atoms with Crippen molar-refractivity contribution in [3.05, 3.63) is 11.9 Å². The number of nitrogens with zero attached hydrogens (tertiary/aromatic N) is 3. The Morgan fingerprint density at radius 3 is 3.20 bits per heavy atom. The minimum Gasteiger partial charge on any atom is -0.396 e. The van der Waals surface area contributed by atoms with Crippen molar-refractivity contribution in [2.24, 2.45) is 0 Å². The number of aliphatic hydroxyl groups excluding tert-OH is 1. The molecule has 0 aliphatic heterocycles. The largest absolute Gasteiger partial charge is 0.396 e. The van der Waals surface area contributed by atoms with Crippen LogP contribution in [0.2, 0.25) is 0 Å². The van der Waals surface area contributed by atoms with Crippen LogP contribution in [-0.2, 0) is 13.1 Å². The average molecular weight is 208 g/mol. The van der Waals surface area contributed by atoms with E-state index >= 15 is 0 Å². The normalized spacial score (nSPS) is 12.3. The van der Waals surface area contributed by atoms with Gasteiger partial charge in [0, 0.05) is 25.9 Å². The zero-order chi connectivity index (χ0) is 11.1. The van der Waals surface area contributed by atoms with Crippen LogP contribution in [0.1, 0.15) is 19.0 Å². The Hall–Kier alpha value is -1.38. The maximum Gasteiger partial charge on any atom is 0.0965 e. The van der Waals surface area contributed by atoms with Crippen molar-refractivity contribution in [3.8, 4) is 12.3 Å². The SMILES string of the molecule is C#CC(C)NCc1cn(CCCO)nn1. The standard InChI is InChI=1S/C10H16N4O/c1-3-9(2)11-7-10-8-14(13-12-10)5-4-6-15/h1,8-9,11,15H,4-7H2,2H3. The van der Waals surface area contributed by atoms with Gasteiger partial charge in [-0.3, -0.25) is 10.00 Å². The highest BCUT2D eigenvalue weighted by atomic mass is 16.3. The van der Waals surface area contributed by atoms with Gasteiger partial charge in [-0.05, 0) is 13.3 Å². The minimum absolute atomic E-state index is 0.0348. The number of rotatable bonds is 6. The fraction of sp³-hybridized carbons (Fsp3) is 0.600. The van der Waals surface area contributed by atoms with Crippen LogP contribution in [0.25, 0.3) is 0 Å². The van der Waals surface area contributed by atoms with Gasteiger partial charge in [-0.1, -0.05) is 11.1 Å². The number of nitrogens with one attached hydrogen (secondary N) is 1. The van der Waals surface area contributed by atoms with E-state index in [0.29, 0.717) is 19.5 Å². The Balaban J connectivity index is 2.36. The highest BCUT2D eigenvalue weighted by Crippen LogP contribution is 1.94. The van der Waals surface area contributed by atoms with Gasteiger partial charge in [0.1, 0.15) is 0 Å². The lowest BCUT2D eigenvalue weighted by Gasteiger charge is -2.03. The van der Waals surface area contributed by atoms with Crippen LogP contribution >= 0.6 is 0 Å². The Bertz CT molecular complexity index is 328. The monoisotopic (exact) mass is 208 g/mol. The van der Waals surface area contributed by atoms with E-state index < -0.39 is 0 Å². The van der Waals surface area contributed by atoms with Crippen molar-refractivity contribution in [1.29, 1.82) is 0 Å². The molecule has 0 saturated carbocycles. The second kappa shape index (κ2) is 6.17. The zero-order valence-electron chi connectivity index (χ0n) is 8.85. The van der Waals surface area contributed by atoms with Crippen LogP contribution in [0.5, 0.6) is 0 Å². The van der Waals surface area contributed by atoms with Crippen LogP contribution < -0.4 is 5.32 Å². The molecular formula is C10H16N4O. The fourth-order valence-electron chi connectivity index (χ4n) is 1.08. The van der Waals surface area contributed by atoms with Crippen LogP contribution in [0.4, 0.5) is 0 Å². The Morgan fingerprint density at radius 1 is 1.73 bits per heavy atom. The molecule has 0 aliphatic rings. The second-order valence-electron chi connectivity index (χ2n) is 3.32. The molecule has 1 atom stereocenters. The third-order valence-corrected chi connectivity index (χ3v) is 1.97. The Kier molecular flexibility index (Phi) is 4.81. The van der Waals surface area contributed by atoms with Crippen molar-refractivity contribution < 1.29 is 5.11 Å². The van der Waals surface area contributed by atoms with E-state index in [2.05, 4.69) is 21.5 Å². The van der Waals surface area contributed by atoms with Gasteiger partial charge in [0.2, 0.25) is 0 Å². The highest BCUT2D eigenvalue weighted by Gasteiger charge is 2.01. The van der Waals surface area contributed by atoms with Gasteiger partial charge < -0.3 is 5.11 Å². The number of hydrogen-bond acceptors (Lipinski definition) is 4. The molecule has 0 radical (unpaired) electrons. The molecule has 1 rings (SSSR count). The molecule has 0 aliphatic carbocycles. The van der Waals surface area contributed by atoms with Crippen molar-refractivity contribution in [1.82, 2.24) is 20.3 Å². The molecule has 0 bridgehead atoms. The molecule has 5 heteroatoms. The van der Waals surface area contributed by atoms with E-state index in [4.69, 9.17) is 11.5 Å². The molecule has 1 heterocycles. The van der Waals surface area contributed by atoms with Crippen molar-refractivity contribution in [3.63, 3.8) is 0 Å². The molecule has 0 spiro atoms. The van der Waals surface area contributed by atoms with Gasteiger partial charge in [-0.2, -0.15) is 0 Å². The lowest BCUT2D eigenvalue weighted by Crippen LogP contribution is -2.23. The first-order valence-electron chi connectivity index (χ1n) is 4.95. The Labute approximate surface area is 89.5 Å². The number of aryl methyl sites for hydroxylation is 1. The lowest BCUT2D eigenvalue weighted by molar-refractivity contribution is 0.276. The summed E-state index contributed by atoms with van der Waals surface area (Å²) < 4.78 is 1.72. The van der Waals surface area contributed by atoms with E-state index in [1.807, 2.05) is 13.1 Å². The van der Waals surface area contributed by atoms with E-state index in [0.717, 1.165) is 5.69 Å². The predicted octanol–water partition coefficient (Wildman–Crippen LogP) is -0.228. The summed E-state index contributed by atoms with van der Waals surface area (Å²) in [5, 5.41) is 19.7. The number of hydrogen-bond donors (Lipinski definition) is 2. The van der Waals surface area contributed by atoms with Crippen molar-refractivity contribution in [2.45, 2.75) is 32.5 Å². The zero-order valence-corrected chi connectivity index (χ0v) is 8.85. The maximum absolute atomic E-state index is 8.65. The predicted molar refractivity (Wildman–Crippen MR) is 56.9 cm³/mol. The van der Waals surface area contributed by atoms with Crippen molar-refractivity contribution >= 4 is 0 Å². The summed E-state index contributed by atoms with van der Waals surface area (Å²) in [6.07, 6.45) is 7.77. The van der Waals surface area contributed by atoms with Crippen LogP contribution in [0.3, 0.4) is 0 Å². The number of terminal acetylenes is 1. The molecule has 0 saturated heterocycles. The second-order valence-corrected chi connectivity index (χ2v) is 3.32. The topological polar surface area (TPSA) is 63.0 Å². The summed E-state index contributed by atoms with van der Waals surface area (Å²) in [5.41, 5.74) is 0.857. The van der Waals surface area contributed by atoms with Crippen LogP contribution in [0, 0.1) is 12.3 Å². The van der Waals surface area contributed by atoms with E-state index in [1.165, 1.54) is 0 Å². The van der Waals surface area contributed by atoms with Crippen LogP contribution in [-0.4, -0.2) is 32.7 Å². The van der Waals surface area contributed by atoms with E-state index in [1.54, 1.807) is 4.68 Å². The quantitative estimate of drug-likeness (QED) is 0.634. The lowest BCUT2D eigenvalue weighted by atomic mass is 10.3. The molecular weight excluding hydrogens is 192 g/mol. The first-order valence-corrected chi connectivity index (χ1v) is 4.95. The van der Waals surface area contributed by atoms with E-state index in [-0.39, 0.29) is 12.6 Å². The summed E-state index contributed by atoms with van der Waals surface area (Å²) in [5.74, 6) is 2.58.